The van der Waals surface area contributed by atoms with Crippen molar-refractivity contribution in [1.82, 2.24) is 0 Å². The second-order valence-corrected chi connectivity index (χ2v) is 4.18. The fraction of sp³-hybridized carbons (Fsp3) is 0.500. The van der Waals surface area contributed by atoms with Crippen molar-refractivity contribution in [1.29, 1.82) is 0 Å². The first-order valence-electron chi connectivity index (χ1n) is 5.19. The summed E-state index contributed by atoms with van der Waals surface area (Å²) in [6, 6.07) is 6.07. The number of nitrogens with two attached hydrogens (primary N) is 1. The molecule has 1 rings (SSSR count). The molecule has 1 aromatic rings. The second kappa shape index (κ2) is 4.89. The Hall–Kier alpha value is -1.18. The molecule has 0 bridgehead atoms. The van der Waals surface area contributed by atoms with Crippen molar-refractivity contribution in [3.05, 3.63) is 23.8 Å². The van der Waals surface area contributed by atoms with E-state index < -0.39 is 0 Å². The molecule has 0 saturated heterocycles. The number of benzene rings is 1. The van der Waals surface area contributed by atoms with Crippen molar-refractivity contribution < 1.29 is 0 Å². The van der Waals surface area contributed by atoms with Gasteiger partial charge < -0.3 is 11.1 Å². The van der Waals surface area contributed by atoms with Crippen LogP contribution in [-0.2, 0) is 0 Å². The number of nitrogen functional groups attached to an aromatic ring is 1. The largest absolute Gasteiger partial charge is 0.399 e. The molecule has 2 nitrogen and oxygen atoms in total. The molecule has 0 fully saturated rings. The third kappa shape index (κ3) is 3.29. The summed E-state index contributed by atoms with van der Waals surface area (Å²) in [5, 5.41) is 3.39. The SMILES string of the molecule is Cc1cc(NCCC(C)C)ccc1N. The lowest BCUT2D eigenvalue weighted by atomic mass is 10.1. The zero-order chi connectivity index (χ0) is 10.6. The van der Waals surface area contributed by atoms with Crippen LogP contribution in [0.4, 0.5) is 11.4 Å². The lowest BCUT2D eigenvalue weighted by molar-refractivity contribution is 0.607. The average molecular weight is 192 g/mol. The third-order valence-corrected chi connectivity index (χ3v) is 2.32. The van der Waals surface area contributed by atoms with E-state index in [2.05, 4.69) is 25.2 Å². The van der Waals surface area contributed by atoms with Crippen LogP contribution in [0.1, 0.15) is 25.8 Å². The molecule has 0 unspecified atom stereocenters. The minimum atomic E-state index is 0.748. The van der Waals surface area contributed by atoms with Gasteiger partial charge in [-0.1, -0.05) is 13.8 Å². The van der Waals surface area contributed by atoms with Crippen LogP contribution in [0.15, 0.2) is 18.2 Å². The summed E-state index contributed by atoms with van der Waals surface area (Å²) < 4.78 is 0. The summed E-state index contributed by atoms with van der Waals surface area (Å²) >= 11 is 0. The Kier molecular flexibility index (Phi) is 3.81. The highest BCUT2D eigenvalue weighted by Crippen LogP contribution is 2.16. The number of hydrogen-bond acceptors (Lipinski definition) is 2. The summed E-state index contributed by atoms with van der Waals surface area (Å²) in [6.45, 7) is 7.52. The molecule has 0 amide bonds. The lowest BCUT2D eigenvalue weighted by Crippen LogP contribution is -2.05. The molecule has 0 saturated carbocycles. The van der Waals surface area contributed by atoms with Gasteiger partial charge in [0, 0.05) is 17.9 Å². The van der Waals surface area contributed by atoms with E-state index in [1.165, 1.54) is 6.42 Å². The van der Waals surface area contributed by atoms with Crippen LogP contribution in [0.3, 0.4) is 0 Å². The van der Waals surface area contributed by atoms with Gasteiger partial charge in [0.2, 0.25) is 0 Å². The van der Waals surface area contributed by atoms with E-state index in [4.69, 9.17) is 5.73 Å². The van der Waals surface area contributed by atoms with Crippen LogP contribution < -0.4 is 11.1 Å². The Morgan fingerprint density at radius 1 is 1.36 bits per heavy atom. The van der Waals surface area contributed by atoms with Gasteiger partial charge >= 0.3 is 0 Å². The fourth-order valence-electron chi connectivity index (χ4n) is 1.29. The summed E-state index contributed by atoms with van der Waals surface area (Å²) in [5.41, 5.74) is 8.90. The average Bonchev–Trinajstić information content (AvgIpc) is 2.10. The van der Waals surface area contributed by atoms with E-state index in [1.807, 2.05) is 19.1 Å². The number of nitrogens with one attached hydrogen (secondary N) is 1. The zero-order valence-corrected chi connectivity index (χ0v) is 9.30. The van der Waals surface area contributed by atoms with Gasteiger partial charge in [-0.05, 0) is 43.0 Å². The molecule has 0 radical (unpaired) electrons. The Morgan fingerprint density at radius 2 is 2.07 bits per heavy atom. The van der Waals surface area contributed by atoms with Crippen LogP contribution in [0.2, 0.25) is 0 Å². The van der Waals surface area contributed by atoms with Crippen molar-refractivity contribution in [2.45, 2.75) is 27.2 Å². The van der Waals surface area contributed by atoms with E-state index >= 15 is 0 Å². The molecule has 3 N–H and O–H groups in total. The zero-order valence-electron chi connectivity index (χ0n) is 9.30. The van der Waals surface area contributed by atoms with Crippen LogP contribution >= 0.6 is 0 Å². The molecule has 0 aliphatic heterocycles. The predicted octanol–water partition coefficient (Wildman–Crippen LogP) is 3.04. The highest BCUT2D eigenvalue weighted by atomic mass is 14.9. The van der Waals surface area contributed by atoms with Gasteiger partial charge in [0.25, 0.3) is 0 Å². The van der Waals surface area contributed by atoms with Gasteiger partial charge in [0.05, 0.1) is 0 Å². The monoisotopic (exact) mass is 192 g/mol. The van der Waals surface area contributed by atoms with E-state index in [0.29, 0.717) is 0 Å². The first-order chi connectivity index (χ1) is 6.59. The fourth-order valence-corrected chi connectivity index (χ4v) is 1.29. The molecular formula is C12H20N2. The molecule has 0 aliphatic rings. The predicted molar refractivity (Wildman–Crippen MR) is 63.5 cm³/mol. The smallest absolute Gasteiger partial charge is 0.0345 e. The van der Waals surface area contributed by atoms with E-state index in [0.717, 1.165) is 29.4 Å². The highest BCUT2D eigenvalue weighted by molar-refractivity contribution is 5.56. The maximum absolute atomic E-state index is 5.74. The van der Waals surface area contributed by atoms with Crippen molar-refractivity contribution in [3.8, 4) is 0 Å². The van der Waals surface area contributed by atoms with Gasteiger partial charge in [-0.3, -0.25) is 0 Å². The molecule has 0 aliphatic carbocycles. The van der Waals surface area contributed by atoms with Crippen LogP contribution in [0, 0.1) is 12.8 Å². The third-order valence-electron chi connectivity index (χ3n) is 2.32. The summed E-state index contributed by atoms with van der Waals surface area (Å²) in [5.74, 6) is 0.748. The van der Waals surface area contributed by atoms with Gasteiger partial charge in [-0.2, -0.15) is 0 Å². The Bertz CT molecular complexity index is 292. The molecular weight excluding hydrogens is 172 g/mol. The normalized spacial score (nSPS) is 10.6. The van der Waals surface area contributed by atoms with Crippen LogP contribution in [0.5, 0.6) is 0 Å². The minimum Gasteiger partial charge on any atom is -0.399 e. The molecule has 1 aromatic carbocycles. The number of anilines is 2. The molecule has 14 heavy (non-hydrogen) atoms. The summed E-state index contributed by atoms with van der Waals surface area (Å²) in [7, 11) is 0. The number of hydrogen-bond donors (Lipinski definition) is 2. The number of aryl methyl sites for hydroxylation is 1. The molecule has 2 heteroatoms. The Balaban J connectivity index is 2.47. The second-order valence-electron chi connectivity index (χ2n) is 4.18. The topological polar surface area (TPSA) is 38.0 Å². The van der Waals surface area contributed by atoms with E-state index in [-0.39, 0.29) is 0 Å². The van der Waals surface area contributed by atoms with Crippen molar-refractivity contribution >= 4 is 11.4 Å². The van der Waals surface area contributed by atoms with Crippen molar-refractivity contribution in [2.24, 2.45) is 5.92 Å². The first-order valence-corrected chi connectivity index (χ1v) is 5.19. The lowest BCUT2D eigenvalue weighted by Gasteiger charge is -2.09. The molecule has 0 atom stereocenters. The molecule has 0 heterocycles. The van der Waals surface area contributed by atoms with Crippen LogP contribution in [-0.4, -0.2) is 6.54 Å². The maximum atomic E-state index is 5.74. The van der Waals surface area contributed by atoms with Gasteiger partial charge in [0.15, 0.2) is 0 Å². The Morgan fingerprint density at radius 3 is 2.64 bits per heavy atom. The molecule has 0 spiro atoms. The standard InChI is InChI=1S/C12H20N2/c1-9(2)6-7-14-11-4-5-12(13)10(3)8-11/h4-5,8-9,14H,6-7,13H2,1-3H3. The van der Waals surface area contributed by atoms with Crippen molar-refractivity contribution in [2.75, 3.05) is 17.6 Å². The van der Waals surface area contributed by atoms with Crippen molar-refractivity contribution in [3.63, 3.8) is 0 Å². The summed E-state index contributed by atoms with van der Waals surface area (Å²) in [6.07, 6.45) is 1.20. The molecule has 78 valence electrons. The molecule has 0 aromatic heterocycles. The highest BCUT2D eigenvalue weighted by Gasteiger charge is 1.97. The van der Waals surface area contributed by atoms with Gasteiger partial charge in [0.1, 0.15) is 0 Å². The Labute approximate surface area is 86.5 Å². The van der Waals surface area contributed by atoms with Gasteiger partial charge in [-0.15, -0.1) is 0 Å². The quantitative estimate of drug-likeness (QED) is 0.720. The van der Waals surface area contributed by atoms with Crippen LogP contribution in [0.25, 0.3) is 0 Å². The summed E-state index contributed by atoms with van der Waals surface area (Å²) in [4.78, 5) is 0. The van der Waals surface area contributed by atoms with E-state index in [1.54, 1.807) is 0 Å². The maximum Gasteiger partial charge on any atom is 0.0345 e. The van der Waals surface area contributed by atoms with E-state index in [9.17, 15) is 0 Å². The minimum absolute atomic E-state index is 0.748. The first kappa shape index (κ1) is 10.9. The van der Waals surface area contributed by atoms with Gasteiger partial charge in [-0.25, -0.2) is 0 Å². The number of rotatable bonds is 4.